The van der Waals surface area contributed by atoms with Crippen molar-refractivity contribution in [2.75, 3.05) is 4.90 Å². The van der Waals surface area contributed by atoms with Crippen LogP contribution in [0.1, 0.15) is 23.6 Å². The Bertz CT molecular complexity index is 3230. The second-order valence-electron chi connectivity index (χ2n) is 15.7. The van der Waals surface area contributed by atoms with Crippen molar-refractivity contribution in [3.8, 4) is 33.4 Å². The van der Waals surface area contributed by atoms with Gasteiger partial charge in [-0.2, -0.15) is 0 Å². The standard InChI is InChI=1S/C56H37NO2/c1-56(38-14-3-2-4-15-38)48-23-8-5-18-47(48)53-49(56)24-13-25-50(53)57(39-32-28-36(29-33-39)41-19-11-21-45-43-16-6-9-26-51(43)58-54(41)45)40-34-30-37(31-35-40)42-20-12-22-46-44-17-7-10-27-52(44)59-55(42)46/h2-35H,1H3. The number of nitrogens with zero attached hydrogens (tertiary/aromatic N) is 1. The summed E-state index contributed by atoms with van der Waals surface area (Å²) in [6.45, 7) is 2.38. The summed E-state index contributed by atoms with van der Waals surface area (Å²) in [7, 11) is 0. The fraction of sp³-hybridized carbons (Fsp3) is 0.0357. The predicted molar refractivity (Wildman–Crippen MR) is 244 cm³/mol. The van der Waals surface area contributed by atoms with Crippen LogP contribution in [0.3, 0.4) is 0 Å². The first-order valence-electron chi connectivity index (χ1n) is 20.3. The Kier molecular flexibility index (Phi) is 7.36. The van der Waals surface area contributed by atoms with E-state index in [1.807, 2.05) is 24.3 Å². The molecule has 2 heterocycles. The van der Waals surface area contributed by atoms with E-state index in [-0.39, 0.29) is 5.41 Å². The topological polar surface area (TPSA) is 29.5 Å². The Morgan fingerprint density at radius 3 is 1.42 bits per heavy atom. The highest BCUT2D eigenvalue weighted by Crippen LogP contribution is 2.56. The van der Waals surface area contributed by atoms with E-state index in [1.54, 1.807) is 0 Å². The quantitative estimate of drug-likeness (QED) is 0.169. The molecule has 3 nitrogen and oxygen atoms in total. The van der Waals surface area contributed by atoms with Crippen molar-refractivity contribution in [1.29, 1.82) is 0 Å². The minimum Gasteiger partial charge on any atom is -0.455 e. The highest BCUT2D eigenvalue weighted by molar-refractivity contribution is 6.11. The van der Waals surface area contributed by atoms with Crippen molar-refractivity contribution in [3.05, 3.63) is 223 Å². The maximum atomic E-state index is 6.47. The molecule has 1 aliphatic rings. The lowest BCUT2D eigenvalue weighted by Crippen LogP contribution is -2.22. The number of benzene rings is 9. The van der Waals surface area contributed by atoms with Crippen molar-refractivity contribution < 1.29 is 8.83 Å². The first kappa shape index (κ1) is 33.5. The van der Waals surface area contributed by atoms with Crippen molar-refractivity contribution >= 4 is 60.9 Å². The molecule has 0 spiro atoms. The van der Waals surface area contributed by atoms with Gasteiger partial charge in [0.2, 0.25) is 0 Å². The fourth-order valence-corrected chi connectivity index (χ4v) is 9.75. The monoisotopic (exact) mass is 755 g/mol. The lowest BCUT2D eigenvalue weighted by molar-refractivity contribution is 0.669. The molecule has 0 N–H and O–H groups in total. The van der Waals surface area contributed by atoms with Crippen LogP contribution in [0, 0.1) is 0 Å². The Morgan fingerprint density at radius 2 is 0.831 bits per heavy atom. The molecule has 0 radical (unpaired) electrons. The normalized spacial score (nSPS) is 14.6. The second kappa shape index (κ2) is 13.0. The van der Waals surface area contributed by atoms with Crippen LogP contribution in [0.15, 0.2) is 215 Å². The zero-order valence-electron chi connectivity index (χ0n) is 32.4. The molecule has 0 amide bonds. The maximum Gasteiger partial charge on any atom is 0.143 e. The molecule has 0 fully saturated rings. The van der Waals surface area contributed by atoms with Crippen LogP contribution >= 0.6 is 0 Å². The van der Waals surface area contributed by atoms with Gasteiger partial charge in [-0.1, -0.05) is 164 Å². The average Bonchev–Trinajstić information content (AvgIpc) is 3.96. The number of rotatable bonds is 6. The smallest absolute Gasteiger partial charge is 0.143 e. The Hall–Kier alpha value is -7.62. The molecule has 278 valence electrons. The van der Waals surface area contributed by atoms with Gasteiger partial charge in [0, 0.05) is 55.0 Å². The first-order chi connectivity index (χ1) is 29.1. The van der Waals surface area contributed by atoms with Gasteiger partial charge in [-0.15, -0.1) is 0 Å². The molecule has 0 aliphatic heterocycles. The summed E-state index contributed by atoms with van der Waals surface area (Å²) in [5.74, 6) is 0. The molecule has 3 heteroatoms. The molecule has 11 aromatic rings. The highest BCUT2D eigenvalue weighted by Gasteiger charge is 2.42. The molecule has 0 saturated carbocycles. The van der Waals surface area contributed by atoms with Crippen molar-refractivity contribution in [3.63, 3.8) is 0 Å². The number of hydrogen-bond acceptors (Lipinski definition) is 3. The zero-order valence-corrected chi connectivity index (χ0v) is 32.4. The molecule has 1 aliphatic carbocycles. The molecule has 1 unspecified atom stereocenters. The zero-order chi connectivity index (χ0) is 39.1. The van der Waals surface area contributed by atoms with Crippen LogP contribution in [-0.2, 0) is 5.41 Å². The van der Waals surface area contributed by atoms with E-state index < -0.39 is 0 Å². The highest BCUT2D eigenvalue weighted by atomic mass is 16.3. The van der Waals surface area contributed by atoms with Gasteiger partial charge >= 0.3 is 0 Å². The molecule has 9 aromatic carbocycles. The summed E-state index contributed by atoms with van der Waals surface area (Å²) in [6, 6.07) is 74.0. The van der Waals surface area contributed by atoms with E-state index in [1.165, 1.54) is 27.8 Å². The fourth-order valence-electron chi connectivity index (χ4n) is 9.75. The largest absolute Gasteiger partial charge is 0.455 e. The SMILES string of the molecule is CC1(c2ccccc2)c2ccccc2-c2c(N(c3ccc(-c4cccc5c4oc4ccccc45)cc3)c3ccc(-c4cccc5c4oc4ccccc45)cc3)cccc21. The predicted octanol–water partition coefficient (Wildman–Crippen LogP) is 15.6. The van der Waals surface area contributed by atoms with Gasteiger partial charge in [0.25, 0.3) is 0 Å². The van der Waals surface area contributed by atoms with Crippen LogP contribution in [0.4, 0.5) is 17.1 Å². The van der Waals surface area contributed by atoms with Crippen LogP contribution in [0.2, 0.25) is 0 Å². The molecule has 59 heavy (non-hydrogen) atoms. The number of furan rings is 2. The van der Waals surface area contributed by atoms with Crippen molar-refractivity contribution in [2.45, 2.75) is 12.3 Å². The minimum atomic E-state index is -0.320. The van der Waals surface area contributed by atoms with E-state index in [2.05, 4.69) is 194 Å². The number of hydrogen-bond donors (Lipinski definition) is 0. The Balaban J connectivity index is 1.03. The van der Waals surface area contributed by atoms with Crippen molar-refractivity contribution in [2.24, 2.45) is 0 Å². The van der Waals surface area contributed by atoms with Crippen LogP contribution < -0.4 is 4.90 Å². The third-order valence-corrected chi connectivity index (χ3v) is 12.6. The lowest BCUT2D eigenvalue weighted by atomic mass is 9.74. The van der Waals surface area contributed by atoms with E-state index >= 15 is 0 Å². The van der Waals surface area contributed by atoms with Crippen LogP contribution in [0.5, 0.6) is 0 Å². The lowest BCUT2D eigenvalue weighted by Gasteiger charge is -2.30. The Morgan fingerprint density at radius 1 is 0.373 bits per heavy atom. The molecular formula is C56H37NO2. The summed E-state index contributed by atoms with van der Waals surface area (Å²) in [4.78, 5) is 2.42. The van der Waals surface area contributed by atoms with Gasteiger partial charge in [-0.3, -0.25) is 0 Å². The number of fused-ring (bicyclic) bond motifs is 9. The van der Waals surface area contributed by atoms with Crippen LogP contribution in [0.25, 0.3) is 77.3 Å². The van der Waals surface area contributed by atoms with E-state index in [9.17, 15) is 0 Å². The van der Waals surface area contributed by atoms with E-state index in [0.717, 1.165) is 83.2 Å². The van der Waals surface area contributed by atoms with Gasteiger partial charge in [0.1, 0.15) is 22.3 Å². The second-order valence-corrected chi connectivity index (χ2v) is 15.7. The van der Waals surface area contributed by atoms with Gasteiger partial charge in [-0.25, -0.2) is 0 Å². The minimum absolute atomic E-state index is 0.320. The molecule has 12 rings (SSSR count). The third kappa shape index (κ3) is 5.01. The molecule has 0 saturated heterocycles. The van der Waals surface area contributed by atoms with Crippen LogP contribution in [-0.4, -0.2) is 0 Å². The maximum absolute atomic E-state index is 6.47. The molecular weight excluding hydrogens is 719 g/mol. The number of para-hydroxylation sites is 4. The summed E-state index contributed by atoms with van der Waals surface area (Å²) in [6.07, 6.45) is 0. The molecule has 1 atom stereocenters. The van der Waals surface area contributed by atoms with Gasteiger partial charge in [0.05, 0.1) is 5.69 Å². The third-order valence-electron chi connectivity index (χ3n) is 12.6. The summed E-state index contributed by atoms with van der Waals surface area (Å²) < 4.78 is 12.9. The van der Waals surface area contributed by atoms with E-state index in [4.69, 9.17) is 8.83 Å². The average molecular weight is 756 g/mol. The molecule has 0 bridgehead atoms. The number of anilines is 3. The van der Waals surface area contributed by atoms with Crippen molar-refractivity contribution in [1.82, 2.24) is 0 Å². The summed E-state index contributed by atoms with van der Waals surface area (Å²) in [5.41, 5.74) is 17.3. The van der Waals surface area contributed by atoms with Gasteiger partial charge in [0.15, 0.2) is 0 Å². The Labute approximate surface area is 342 Å². The molecule has 2 aromatic heterocycles. The van der Waals surface area contributed by atoms with E-state index in [0.29, 0.717) is 0 Å². The first-order valence-corrected chi connectivity index (χ1v) is 20.3. The van der Waals surface area contributed by atoms with Gasteiger partial charge in [-0.05, 0) is 82.8 Å². The summed E-state index contributed by atoms with van der Waals surface area (Å²) in [5, 5.41) is 4.52. The van der Waals surface area contributed by atoms with Gasteiger partial charge < -0.3 is 13.7 Å². The summed E-state index contributed by atoms with van der Waals surface area (Å²) >= 11 is 0.